The fourth-order valence-corrected chi connectivity index (χ4v) is 2.21. The Morgan fingerprint density at radius 1 is 1.38 bits per heavy atom. The molecule has 2 atom stereocenters. The van der Waals surface area contributed by atoms with Crippen LogP contribution in [-0.4, -0.2) is 30.3 Å². The van der Waals surface area contributed by atoms with Gasteiger partial charge in [0, 0.05) is 18.6 Å². The Balaban J connectivity index is 1.71. The van der Waals surface area contributed by atoms with Crippen LogP contribution in [0.25, 0.3) is 0 Å². The Kier molecular flexibility index (Phi) is 3.10. The molecule has 0 unspecified atom stereocenters. The number of alkyl carbamates (subject to hydrolysis) is 1. The van der Waals surface area contributed by atoms with Crippen LogP contribution in [0.5, 0.6) is 0 Å². The van der Waals surface area contributed by atoms with E-state index < -0.39 is 5.60 Å². The number of carbonyl (C=O) groups excluding carboxylic acids is 1. The van der Waals surface area contributed by atoms with Crippen LogP contribution in [0.15, 0.2) is 0 Å². The molecule has 2 rings (SSSR count). The first kappa shape index (κ1) is 11.7. The van der Waals surface area contributed by atoms with Gasteiger partial charge in [0.05, 0.1) is 0 Å². The first-order valence-corrected chi connectivity index (χ1v) is 6.17. The largest absolute Gasteiger partial charge is 0.444 e. The van der Waals surface area contributed by atoms with Crippen molar-refractivity contribution in [3.8, 4) is 0 Å². The van der Waals surface area contributed by atoms with Crippen molar-refractivity contribution >= 4 is 6.09 Å². The van der Waals surface area contributed by atoms with Crippen molar-refractivity contribution in [2.75, 3.05) is 6.54 Å². The Bertz CT molecular complexity index is 269. The highest BCUT2D eigenvalue weighted by molar-refractivity contribution is 5.68. The number of hydrogen-bond donors (Lipinski definition) is 2. The molecule has 4 heteroatoms. The summed E-state index contributed by atoms with van der Waals surface area (Å²) in [6, 6.07) is 0.848. The predicted octanol–water partition coefficient (Wildman–Crippen LogP) is 1.65. The van der Waals surface area contributed by atoms with Crippen LogP contribution in [0, 0.1) is 5.92 Å². The second-order valence-corrected chi connectivity index (χ2v) is 5.93. The lowest BCUT2D eigenvalue weighted by atomic mass is 10.1. The topological polar surface area (TPSA) is 50.4 Å². The van der Waals surface area contributed by atoms with E-state index in [-0.39, 0.29) is 12.1 Å². The molecule has 1 aliphatic carbocycles. The number of hydrogen-bond acceptors (Lipinski definition) is 3. The highest BCUT2D eigenvalue weighted by Crippen LogP contribution is 2.36. The minimum Gasteiger partial charge on any atom is -0.444 e. The zero-order valence-corrected chi connectivity index (χ0v) is 10.4. The molecule has 1 amide bonds. The lowest BCUT2D eigenvalue weighted by molar-refractivity contribution is 0.0508. The third-order valence-corrected chi connectivity index (χ3v) is 3.08. The van der Waals surface area contributed by atoms with Crippen molar-refractivity contribution in [3.05, 3.63) is 0 Å². The van der Waals surface area contributed by atoms with Gasteiger partial charge in [0.1, 0.15) is 5.60 Å². The Labute approximate surface area is 97.1 Å². The fourth-order valence-electron chi connectivity index (χ4n) is 2.21. The highest BCUT2D eigenvalue weighted by Gasteiger charge is 2.37. The summed E-state index contributed by atoms with van der Waals surface area (Å²) in [5.41, 5.74) is -0.411. The van der Waals surface area contributed by atoms with Gasteiger partial charge in [-0.1, -0.05) is 0 Å². The zero-order valence-electron chi connectivity index (χ0n) is 10.4. The molecule has 0 aromatic carbocycles. The van der Waals surface area contributed by atoms with E-state index >= 15 is 0 Å². The third-order valence-electron chi connectivity index (χ3n) is 3.08. The van der Waals surface area contributed by atoms with Gasteiger partial charge in [-0.25, -0.2) is 4.79 Å². The van der Waals surface area contributed by atoms with E-state index in [1.54, 1.807) is 0 Å². The van der Waals surface area contributed by atoms with Crippen molar-refractivity contribution in [1.29, 1.82) is 0 Å². The maximum absolute atomic E-state index is 11.5. The minimum atomic E-state index is -0.411. The van der Waals surface area contributed by atoms with Gasteiger partial charge in [-0.05, 0) is 46.0 Å². The molecular formula is C12H22N2O2. The summed E-state index contributed by atoms with van der Waals surface area (Å²) in [6.07, 6.45) is 3.44. The molecule has 1 aliphatic heterocycles. The number of rotatable bonds is 2. The lowest BCUT2D eigenvalue weighted by Gasteiger charge is -2.21. The van der Waals surface area contributed by atoms with Crippen LogP contribution in [0.4, 0.5) is 4.79 Å². The van der Waals surface area contributed by atoms with E-state index in [0.29, 0.717) is 6.04 Å². The third kappa shape index (κ3) is 3.37. The molecule has 0 bridgehead atoms. The first-order valence-electron chi connectivity index (χ1n) is 6.17. The van der Waals surface area contributed by atoms with Gasteiger partial charge in [-0.2, -0.15) is 0 Å². The number of nitrogens with one attached hydrogen (secondary N) is 2. The molecule has 0 aromatic rings. The van der Waals surface area contributed by atoms with Crippen molar-refractivity contribution in [3.63, 3.8) is 0 Å². The normalized spacial score (nSPS) is 30.2. The lowest BCUT2D eigenvalue weighted by Crippen LogP contribution is -2.40. The average molecular weight is 226 g/mol. The van der Waals surface area contributed by atoms with Gasteiger partial charge in [0.2, 0.25) is 0 Å². The van der Waals surface area contributed by atoms with E-state index in [0.717, 1.165) is 18.9 Å². The summed E-state index contributed by atoms with van der Waals surface area (Å²) in [7, 11) is 0. The maximum atomic E-state index is 11.5. The molecule has 1 saturated heterocycles. The molecule has 2 fully saturated rings. The van der Waals surface area contributed by atoms with Gasteiger partial charge in [0.25, 0.3) is 0 Å². The molecule has 0 radical (unpaired) electrons. The number of carbonyl (C=O) groups is 1. The van der Waals surface area contributed by atoms with Crippen LogP contribution in [0.3, 0.4) is 0 Å². The Hall–Kier alpha value is -0.770. The van der Waals surface area contributed by atoms with Gasteiger partial charge in [-0.15, -0.1) is 0 Å². The van der Waals surface area contributed by atoms with E-state index in [9.17, 15) is 4.79 Å². The monoisotopic (exact) mass is 226 g/mol. The second-order valence-electron chi connectivity index (χ2n) is 5.93. The number of ether oxygens (including phenoxy) is 1. The molecule has 16 heavy (non-hydrogen) atoms. The van der Waals surface area contributed by atoms with Gasteiger partial charge in [-0.3, -0.25) is 0 Å². The minimum absolute atomic E-state index is 0.237. The molecule has 1 heterocycles. The van der Waals surface area contributed by atoms with Crippen LogP contribution < -0.4 is 10.6 Å². The molecule has 2 aliphatic rings. The molecule has 1 saturated carbocycles. The second kappa shape index (κ2) is 4.24. The average Bonchev–Trinajstić information content (AvgIpc) is 2.85. The van der Waals surface area contributed by atoms with Crippen molar-refractivity contribution in [2.24, 2.45) is 5.92 Å². The van der Waals surface area contributed by atoms with Crippen molar-refractivity contribution in [1.82, 2.24) is 10.6 Å². The van der Waals surface area contributed by atoms with Gasteiger partial charge < -0.3 is 15.4 Å². The summed E-state index contributed by atoms with van der Waals surface area (Å²) in [5, 5.41) is 6.39. The summed E-state index contributed by atoms with van der Waals surface area (Å²) >= 11 is 0. The molecular weight excluding hydrogens is 204 g/mol. The molecule has 4 nitrogen and oxygen atoms in total. The van der Waals surface area contributed by atoms with Crippen LogP contribution in [0.2, 0.25) is 0 Å². The van der Waals surface area contributed by atoms with Gasteiger partial charge >= 0.3 is 6.09 Å². The van der Waals surface area contributed by atoms with Crippen molar-refractivity contribution in [2.45, 2.75) is 57.7 Å². The fraction of sp³-hybridized carbons (Fsp3) is 0.917. The van der Waals surface area contributed by atoms with Crippen LogP contribution >= 0.6 is 0 Å². The van der Waals surface area contributed by atoms with Crippen molar-refractivity contribution < 1.29 is 9.53 Å². The molecule has 0 spiro atoms. The van der Waals surface area contributed by atoms with Gasteiger partial charge in [0.15, 0.2) is 0 Å². The highest BCUT2D eigenvalue weighted by atomic mass is 16.6. The molecule has 2 N–H and O–H groups in total. The van der Waals surface area contributed by atoms with Crippen LogP contribution in [0.1, 0.15) is 40.0 Å². The predicted molar refractivity (Wildman–Crippen MR) is 62.3 cm³/mol. The first-order chi connectivity index (χ1) is 7.44. The standard InChI is InChI=1S/C12H22N2O2/c1-12(2,3)16-11(15)14-9-6-10(13-7-9)8-4-5-8/h8-10,13H,4-7H2,1-3H3,(H,14,15)/t9-,10-/m0/s1. The quantitative estimate of drug-likeness (QED) is 0.752. The summed E-state index contributed by atoms with van der Waals surface area (Å²) in [6.45, 7) is 6.52. The summed E-state index contributed by atoms with van der Waals surface area (Å²) < 4.78 is 5.23. The summed E-state index contributed by atoms with van der Waals surface area (Å²) in [5.74, 6) is 0.852. The van der Waals surface area contributed by atoms with E-state index in [1.165, 1.54) is 12.8 Å². The molecule has 92 valence electrons. The van der Waals surface area contributed by atoms with E-state index in [1.807, 2.05) is 20.8 Å². The smallest absolute Gasteiger partial charge is 0.407 e. The van der Waals surface area contributed by atoms with E-state index in [4.69, 9.17) is 4.74 Å². The molecule has 0 aromatic heterocycles. The maximum Gasteiger partial charge on any atom is 0.407 e. The number of amides is 1. The zero-order chi connectivity index (χ0) is 11.8. The SMILES string of the molecule is CC(C)(C)OC(=O)N[C@@H]1CN[C@H](C2CC2)C1. The Morgan fingerprint density at radius 2 is 2.06 bits per heavy atom. The summed E-state index contributed by atoms with van der Waals surface area (Å²) in [4.78, 5) is 11.5. The van der Waals surface area contributed by atoms with E-state index in [2.05, 4.69) is 10.6 Å². The Morgan fingerprint density at radius 3 is 2.62 bits per heavy atom. The van der Waals surface area contributed by atoms with Crippen LogP contribution in [-0.2, 0) is 4.74 Å².